The molecule has 1 fully saturated rings. The van der Waals surface area contributed by atoms with Crippen LogP contribution < -0.4 is 4.74 Å². The lowest BCUT2D eigenvalue weighted by Crippen LogP contribution is -2.35. The second-order valence-corrected chi connectivity index (χ2v) is 5.35. The van der Waals surface area contributed by atoms with Crippen LogP contribution in [0, 0.1) is 0 Å². The van der Waals surface area contributed by atoms with Crippen LogP contribution in [-0.2, 0) is 10.6 Å². The first kappa shape index (κ1) is 13.9. The third kappa shape index (κ3) is 3.50. The van der Waals surface area contributed by atoms with Crippen molar-refractivity contribution < 1.29 is 9.47 Å². The number of hydrogen-bond acceptors (Lipinski definition) is 3. The molecule has 1 aromatic rings. The summed E-state index contributed by atoms with van der Waals surface area (Å²) in [6.45, 7) is 4.12. The number of hydrogen-bond donors (Lipinski definition) is 0. The van der Waals surface area contributed by atoms with E-state index in [0.29, 0.717) is 16.6 Å². The molecule has 1 saturated heterocycles. The van der Waals surface area contributed by atoms with Crippen molar-refractivity contribution >= 4 is 23.2 Å². The summed E-state index contributed by atoms with van der Waals surface area (Å²) in [6, 6.07) is 3.55. The van der Waals surface area contributed by atoms with E-state index in [0.717, 1.165) is 12.8 Å². The van der Waals surface area contributed by atoms with Crippen LogP contribution in [0.25, 0.3) is 0 Å². The van der Waals surface area contributed by atoms with Crippen molar-refractivity contribution in [2.24, 2.45) is 0 Å². The fourth-order valence-corrected chi connectivity index (χ4v) is 2.68. The molecule has 5 heteroatoms. The summed E-state index contributed by atoms with van der Waals surface area (Å²) in [5.74, 6) is 0.873. The minimum atomic E-state index is 0.139. The van der Waals surface area contributed by atoms with E-state index in [-0.39, 0.29) is 24.2 Å². The van der Waals surface area contributed by atoms with Gasteiger partial charge in [0.15, 0.2) is 0 Å². The lowest BCUT2D eigenvalue weighted by atomic mass is 10.0. The van der Waals surface area contributed by atoms with E-state index in [4.69, 9.17) is 32.7 Å². The first-order chi connectivity index (χ1) is 8.58. The van der Waals surface area contributed by atoms with Crippen molar-refractivity contribution in [1.29, 1.82) is 0 Å². The molecule has 0 amide bonds. The molecule has 1 aromatic heterocycles. The molecule has 0 spiro atoms. The fourth-order valence-electron chi connectivity index (χ4n) is 2.24. The van der Waals surface area contributed by atoms with Gasteiger partial charge in [0, 0.05) is 18.9 Å². The maximum absolute atomic E-state index is 5.96. The number of halogens is 2. The first-order valence-electron chi connectivity index (χ1n) is 6.12. The molecule has 1 aliphatic rings. The molecular weight excluding hydrogens is 273 g/mol. The molecule has 18 heavy (non-hydrogen) atoms. The SMILES string of the molecule is CC1CC(Oc2ccc(Cl)c(CCl)n2)CC(C)O1. The smallest absolute Gasteiger partial charge is 0.213 e. The van der Waals surface area contributed by atoms with Gasteiger partial charge in [0.05, 0.1) is 28.8 Å². The first-order valence-corrected chi connectivity index (χ1v) is 7.03. The third-order valence-corrected chi connectivity index (χ3v) is 3.56. The van der Waals surface area contributed by atoms with Crippen LogP contribution in [-0.4, -0.2) is 23.3 Å². The number of rotatable bonds is 3. The summed E-state index contributed by atoms with van der Waals surface area (Å²) in [6.07, 6.45) is 2.34. The highest BCUT2D eigenvalue weighted by Gasteiger charge is 2.26. The van der Waals surface area contributed by atoms with Crippen LogP contribution >= 0.6 is 23.2 Å². The Morgan fingerprint density at radius 2 is 2.00 bits per heavy atom. The standard InChI is InChI=1S/C13H17Cl2NO2/c1-8-5-10(6-9(2)17-8)18-13-4-3-11(15)12(7-14)16-13/h3-4,8-10H,5-7H2,1-2H3. The molecule has 100 valence electrons. The van der Waals surface area contributed by atoms with Crippen LogP contribution in [0.5, 0.6) is 5.88 Å². The molecule has 0 bridgehead atoms. The second-order valence-electron chi connectivity index (χ2n) is 4.68. The molecule has 0 N–H and O–H groups in total. The van der Waals surface area contributed by atoms with Crippen LogP contribution in [0.4, 0.5) is 0 Å². The lowest BCUT2D eigenvalue weighted by molar-refractivity contribution is -0.0729. The van der Waals surface area contributed by atoms with Crippen molar-refractivity contribution in [1.82, 2.24) is 4.98 Å². The zero-order chi connectivity index (χ0) is 13.1. The molecular formula is C13H17Cl2NO2. The molecule has 0 aliphatic carbocycles. The highest BCUT2D eigenvalue weighted by atomic mass is 35.5. The minimum Gasteiger partial charge on any atom is -0.474 e. The van der Waals surface area contributed by atoms with Gasteiger partial charge in [-0.15, -0.1) is 11.6 Å². The third-order valence-electron chi connectivity index (χ3n) is 2.96. The molecule has 0 radical (unpaired) electrons. The fraction of sp³-hybridized carbons (Fsp3) is 0.615. The molecule has 2 heterocycles. The Labute approximate surface area is 117 Å². The predicted molar refractivity (Wildman–Crippen MR) is 72.5 cm³/mol. The lowest BCUT2D eigenvalue weighted by Gasteiger charge is -2.32. The maximum atomic E-state index is 5.96. The molecule has 1 aliphatic heterocycles. The van der Waals surface area contributed by atoms with E-state index < -0.39 is 0 Å². The van der Waals surface area contributed by atoms with Crippen LogP contribution in [0.3, 0.4) is 0 Å². The monoisotopic (exact) mass is 289 g/mol. The maximum Gasteiger partial charge on any atom is 0.213 e. The topological polar surface area (TPSA) is 31.4 Å². The summed E-state index contributed by atoms with van der Waals surface area (Å²) >= 11 is 11.7. The summed E-state index contributed by atoms with van der Waals surface area (Å²) in [5.41, 5.74) is 0.656. The number of alkyl halides is 1. The van der Waals surface area contributed by atoms with Gasteiger partial charge in [-0.25, -0.2) is 4.98 Å². The van der Waals surface area contributed by atoms with Gasteiger partial charge in [0.25, 0.3) is 0 Å². The molecule has 2 unspecified atom stereocenters. The Kier molecular flexibility index (Phi) is 4.71. The van der Waals surface area contributed by atoms with Crippen molar-refractivity contribution in [2.75, 3.05) is 0 Å². The van der Waals surface area contributed by atoms with Crippen LogP contribution in [0.1, 0.15) is 32.4 Å². The second kappa shape index (κ2) is 6.09. The highest BCUT2D eigenvalue weighted by molar-refractivity contribution is 6.32. The Bertz CT molecular complexity index is 404. The van der Waals surface area contributed by atoms with Gasteiger partial charge < -0.3 is 9.47 Å². The zero-order valence-corrected chi connectivity index (χ0v) is 12.0. The Morgan fingerprint density at radius 1 is 1.33 bits per heavy atom. The molecule has 2 rings (SSSR count). The van der Waals surface area contributed by atoms with Crippen LogP contribution in [0.15, 0.2) is 12.1 Å². The van der Waals surface area contributed by atoms with Gasteiger partial charge >= 0.3 is 0 Å². The zero-order valence-electron chi connectivity index (χ0n) is 10.5. The van der Waals surface area contributed by atoms with Crippen molar-refractivity contribution in [2.45, 2.75) is 50.9 Å². The van der Waals surface area contributed by atoms with Crippen LogP contribution in [0.2, 0.25) is 5.02 Å². The van der Waals surface area contributed by atoms with Gasteiger partial charge in [-0.1, -0.05) is 11.6 Å². The Balaban J connectivity index is 2.04. The summed E-state index contributed by atoms with van der Waals surface area (Å²) in [4.78, 5) is 4.31. The van der Waals surface area contributed by atoms with E-state index in [1.54, 1.807) is 12.1 Å². The molecule has 0 saturated carbocycles. The quantitative estimate of drug-likeness (QED) is 0.793. The normalized spacial score (nSPS) is 28.1. The van der Waals surface area contributed by atoms with Gasteiger partial charge in [-0.05, 0) is 19.9 Å². The average Bonchev–Trinajstić information content (AvgIpc) is 2.30. The summed E-state index contributed by atoms with van der Waals surface area (Å²) < 4.78 is 11.6. The van der Waals surface area contributed by atoms with Crippen molar-refractivity contribution in [3.8, 4) is 5.88 Å². The van der Waals surface area contributed by atoms with Gasteiger partial charge in [-0.2, -0.15) is 0 Å². The van der Waals surface area contributed by atoms with Gasteiger partial charge in [-0.3, -0.25) is 0 Å². The number of aromatic nitrogens is 1. The number of nitrogens with zero attached hydrogens (tertiary/aromatic N) is 1. The number of pyridine rings is 1. The van der Waals surface area contributed by atoms with Gasteiger partial charge in [0.1, 0.15) is 6.10 Å². The largest absolute Gasteiger partial charge is 0.474 e. The average molecular weight is 290 g/mol. The van der Waals surface area contributed by atoms with Gasteiger partial charge in [0.2, 0.25) is 5.88 Å². The molecule has 2 atom stereocenters. The molecule has 0 aromatic carbocycles. The van der Waals surface area contributed by atoms with E-state index >= 15 is 0 Å². The predicted octanol–water partition coefficient (Wildman–Crippen LogP) is 3.81. The summed E-state index contributed by atoms with van der Waals surface area (Å²) in [7, 11) is 0. The summed E-state index contributed by atoms with van der Waals surface area (Å²) in [5, 5.41) is 0.575. The van der Waals surface area contributed by atoms with E-state index in [1.807, 2.05) is 0 Å². The Morgan fingerprint density at radius 3 is 2.61 bits per heavy atom. The van der Waals surface area contributed by atoms with Crippen molar-refractivity contribution in [3.63, 3.8) is 0 Å². The van der Waals surface area contributed by atoms with Crippen molar-refractivity contribution in [3.05, 3.63) is 22.8 Å². The van der Waals surface area contributed by atoms with E-state index in [1.165, 1.54) is 0 Å². The minimum absolute atomic E-state index is 0.139. The van der Waals surface area contributed by atoms with E-state index in [2.05, 4.69) is 18.8 Å². The van der Waals surface area contributed by atoms with E-state index in [9.17, 15) is 0 Å². The number of ether oxygens (including phenoxy) is 2. The highest BCUT2D eigenvalue weighted by Crippen LogP contribution is 2.25. The Hall–Kier alpha value is -0.510. The molecule has 3 nitrogen and oxygen atoms in total.